The third-order valence-corrected chi connectivity index (χ3v) is 12.1. The fourth-order valence-corrected chi connectivity index (χ4v) is 8.42. The van der Waals surface area contributed by atoms with Crippen LogP contribution in [0.25, 0.3) is 0 Å². The number of methoxy groups -OCH3 is 1. The average molecular weight is 821 g/mol. The van der Waals surface area contributed by atoms with Crippen LogP contribution in [0.4, 0.5) is 0 Å². The normalized spacial score (nSPS) is 18.7. The Morgan fingerprint density at radius 1 is 0.517 bits per heavy atom. The highest BCUT2D eigenvalue weighted by Gasteiger charge is 2.23. The van der Waals surface area contributed by atoms with E-state index in [1.807, 2.05) is 24.3 Å². The maximum Gasteiger partial charge on any atom is 0.343 e. The summed E-state index contributed by atoms with van der Waals surface area (Å²) in [5.74, 6) is -0.00953. The van der Waals surface area contributed by atoms with E-state index in [2.05, 4.69) is 13.2 Å². The molecule has 0 radical (unpaired) electrons. The highest BCUT2D eigenvalue weighted by atomic mass is 16.6. The number of benzene rings is 3. The zero-order valence-corrected chi connectivity index (χ0v) is 35.0. The Labute approximate surface area is 354 Å². The molecule has 0 N–H and O–H groups in total. The van der Waals surface area contributed by atoms with Crippen LogP contribution in [0.2, 0.25) is 0 Å². The summed E-state index contributed by atoms with van der Waals surface area (Å²) in [7, 11) is 1.26. The molecule has 60 heavy (non-hydrogen) atoms. The molecule has 320 valence electrons. The summed E-state index contributed by atoms with van der Waals surface area (Å²) in [6, 6.07) is 18.9. The molecule has 0 aromatic heterocycles. The largest absolute Gasteiger partial charge is 0.465 e. The Bertz CT molecular complexity index is 1900. The molecule has 2 saturated carbocycles. The molecule has 3 aromatic carbocycles. The summed E-state index contributed by atoms with van der Waals surface area (Å²) in [5.41, 5.74) is 3.09. The molecular weight excluding hydrogens is 761 g/mol. The van der Waals surface area contributed by atoms with Crippen LogP contribution in [0.3, 0.4) is 0 Å². The number of esters is 5. The monoisotopic (exact) mass is 820 g/mol. The van der Waals surface area contributed by atoms with Gasteiger partial charge in [0.05, 0.1) is 37.0 Å². The summed E-state index contributed by atoms with van der Waals surface area (Å²) in [6.07, 6.45) is 19.8. The van der Waals surface area contributed by atoms with E-state index in [9.17, 15) is 24.0 Å². The number of ether oxygens (including phenoxy) is 5. The molecule has 0 heterocycles. The van der Waals surface area contributed by atoms with Gasteiger partial charge in [-0.3, -0.25) is 0 Å². The second kappa shape index (κ2) is 23.9. The minimum Gasteiger partial charge on any atom is -0.465 e. The Morgan fingerprint density at radius 3 is 1.30 bits per heavy atom. The number of aryl methyl sites for hydroxylation is 2. The SMILES string of the molecule is C=CC(=O)OCCCC1CCC(CCc2ccc(C(=O)Oc3ccc(C(=O)OC)cc3OC(=O)c3ccc(CCC4CCC(CCCOC(=O)C=C)CC4)cc3)cc2)CC1. The summed E-state index contributed by atoms with van der Waals surface area (Å²) in [4.78, 5) is 61.5. The van der Waals surface area contributed by atoms with Crippen molar-refractivity contribution in [1.82, 2.24) is 0 Å². The number of hydrogen-bond acceptors (Lipinski definition) is 10. The van der Waals surface area contributed by atoms with Crippen LogP contribution < -0.4 is 9.47 Å². The Balaban J connectivity index is 1.08. The molecule has 0 amide bonds. The van der Waals surface area contributed by atoms with Gasteiger partial charge in [0.15, 0.2) is 11.5 Å². The van der Waals surface area contributed by atoms with Gasteiger partial charge in [-0.25, -0.2) is 24.0 Å². The van der Waals surface area contributed by atoms with Crippen molar-refractivity contribution in [3.05, 3.63) is 120 Å². The highest BCUT2D eigenvalue weighted by Crippen LogP contribution is 2.36. The molecule has 10 heteroatoms. The van der Waals surface area contributed by atoms with Gasteiger partial charge in [-0.2, -0.15) is 0 Å². The van der Waals surface area contributed by atoms with Gasteiger partial charge in [0, 0.05) is 12.2 Å². The minimum absolute atomic E-state index is 0.000862. The first-order valence-electron chi connectivity index (χ1n) is 21.6. The maximum absolute atomic E-state index is 13.4. The molecule has 0 spiro atoms. The lowest BCUT2D eigenvalue weighted by atomic mass is 9.78. The van der Waals surface area contributed by atoms with Crippen LogP contribution >= 0.6 is 0 Å². The molecular formula is C50H60O10. The van der Waals surface area contributed by atoms with Crippen molar-refractivity contribution < 1.29 is 47.7 Å². The fraction of sp³-hybridized carbons (Fsp3) is 0.460. The molecule has 0 atom stereocenters. The van der Waals surface area contributed by atoms with Crippen molar-refractivity contribution in [2.45, 2.75) is 103 Å². The molecule has 3 aromatic rings. The third-order valence-electron chi connectivity index (χ3n) is 12.1. The lowest BCUT2D eigenvalue weighted by Gasteiger charge is -2.28. The van der Waals surface area contributed by atoms with Gasteiger partial charge in [-0.05, 0) is 129 Å². The number of rotatable bonds is 21. The van der Waals surface area contributed by atoms with Gasteiger partial charge in [0.1, 0.15) is 0 Å². The highest BCUT2D eigenvalue weighted by molar-refractivity contribution is 5.95. The van der Waals surface area contributed by atoms with E-state index in [4.69, 9.17) is 23.7 Å². The Hall–Kier alpha value is -5.51. The average Bonchev–Trinajstić information content (AvgIpc) is 3.28. The molecule has 2 fully saturated rings. The fourth-order valence-electron chi connectivity index (χ4n) is 8.42. The number of carbonyl (C=O) groups is 5. The first-order valence-corrected chi connectivity index (χ1v) is 21.6. The Morgan fingerprint density at radius 2 is 0.900 bits per heavy atom. The molecule has 0 saturated heterocycles. The molecule has 10 nitrogen and oxygen atoms in total. The van der Waals surface area contributed by atoms with Crippen LogP contribution in [-0.4, -0.2) is 50.2 Å². The van der Waals surface area contributed by atoms with Crippen molar-refractivity contribution in [3.8, 4) is 11.5 Å². The first-order chi connectivity index (χ1) is 29.1. The van der Waals surface area contributed by atoms with E-state index in [-0.39, 0.29) is 29.0 Å². The van der Waals surface area contributed by atoms with Gasteiger partial charge in [-0.15, -0.1) is 0 Å². The van der Waals surface area contributed by atoms with E-state index in [1.165, 1.54) is 88.8 Å². The Kier molecular flexibility index (Phi) is 18.2. The summed E-state index contributed by atoms with van der Waals surface area (Å²) in [5, 5.41) is 0. The van der Waals surface area contributed by atoms with Crippen molar-refractivity contribution in [2.75, 3.05) is 20.3 Å². The van der Waals surface area contributed by atoms with Crippen LogP contribution in [0.15, 0.2) is 92.0 Å². The van der Waals surface area contributed by atoms with E-state index in [0.717, 1.165) is 62.5 Å². The van der Waals surface area contributed by atoms with E-state index in [1.54, 1.807) is 24.3 Å². The molecule has 2 aliphatic carbocycles. The van der Waals surface area contributed by atoms with Crippen molar-refractivity contribution >= 4 is 29.8 Å². The molecule has 2 aliphatic rings. The van der Waals surface area contributed by atoms with E-state index < -0.39 is 17.9 Å². The molecule has 5 rings (SSSR count). The van der Waals surface area contributed by atoms with Crippen molar-refractivity contribution in [3.63, 3.8) is 0 Å². The minimum atomic E-state index is -0.650. The lowest BCUT2D eigenvalue weighted by Crippen LogP contribution is -2.16. The summed E-state index contributed by atoms with van der Waals surface area (Å²) in [6.45, 7) is 7.75. The van der Waals surface area contributed by atoms with Gasteiger partial charge in [0.25, 0.3) is 0 Å². The molecule has 0 bridgehead atoms. The predicted molar refractivity (Wildman–Crippen MR) is 229 cm³/mol. The quantitative estimate of drug-likeness (QED) is 0.0336. The van der Waals surface area contributed by atoms with Gasteiger partial charge >= 0.3 is 29.8 Å². The standard InChI is InChI=1S/C50H60O10/c1-4-46(51)57-32-6-8-35-10-14-37(15-11-35)18-20-39-22-26-41(27-23-39)49(54)59-44-31-30-43(48(53)56-3)34-45(44)60-50(55)42-28-24-40(25-29-42)21-19-38-16-12-36(13-17-38)9-7-33-58-47(52)5-2/h4-5,22-31,34-38H,1-2,6-21,32-33H2,3H3. The zero-order chi connectivity index (χ0) is 42.7. The van der Waals surface area contributed by atoms with E-state index in [0.29, 0.717) is 48.0 Å². The molecule has 0 unspecified atom stereocenters. The zero-order valence-electron chi connectivity index (χ0n) is 35.0. The van der Waals surface area contributed by atoms with Gasteiger partial charge < -0.3 is 23.7 Å². The van der Waals surface area contributed by atoms with Crippen LogP contribution in [0, 0.1) is 23.7 Å². The topological polar surface area (TPSA) is 132 Å². The number of hydrogen-bond donors (Lipinski definition) is 0. The van der Waals surface area contributed by atoms with Gasteiger partial charge in [0.2, 0.25) is 0 Å². The third kappa shape index (κ3) is 14.6. The predicted octanol–water partition coefficient (Wildman–Crippen LogP) is 10.4. The first kappa shape index (κ1) is 45.6. The van der Waals surface area contributed by atoms with Crippen LogP contribution in [-0.2, 0) is 36.6 Å². The second-order valence-electron chi connectivity index (χ2n) is 16.2. The summed E-state index contributed by atoms with van der Waals surface area (Å²) >= 11 is 0. The van der Waals surface area contributed by atoms with E-state index >= 15 is 0 Å². The smallest absolute Gasteiger partial charge is 0.343 e. The van der Waals surface area contributed by atoms with Gasteiger partial charge in [-0.1, -0.05) is 88.8 Å². The number of carbonyl (C=O) groups excluding carboxylic acids is 5. The maximum atomic E-state index is 13.4. The lowest BCUT2D eigenvalue weighted by molar-refractivity contribution is -0.138. The second-order valence-corrected chi connectivity index (χ2v) is 16.2. The molecule has 0 aliphatic heterocycles. The summed E-state index contributed by atoms with van der Waals surface area (Å²) < 4.78 is 26.5. The van der Waals surface area contributed by atoms with Crippen molar-refractivity contribution in [1.29, 1.82) is 0 Å². The van der Waals surface area contributed by atoms with Crippen LogP contribution in [0.1, 0.15) is 132 Å². The van der Waals surface area contributed by atoms with Crippen LogP contribution in [0.5, 0.6) is 11.5 Å². The van der Waals surface area contributed by atoms with Crippen molar-refractivity contribution in [2.24, 2.45) is 23.7 Å².